The molecular formula is C19H21N3O4S. The standard InChI is InChI=1S/C19H21N3O4S/c1-3-19(24)22-18(13-8-10-14(23)11-9-13)12-17(20-22)15-6-4-5-7-16(15)21-27(2,25)26/h4-11,18,21,23H,3,12H2,1-2H3. The number of phenolic OH excluding ortho intramolecular Hbond substituents is 1. The zero-order valence-corrected chi connectivity index (χ0v) is 15.9. The number of carbonyl (C=O) groups is 1. The Morgan fingerprint density at radius 3 is 2.52 bits per heavy atom. The topological polar surface area (TPSA) is 99.1 Å². The predicted octanol–water partition coefficient (Wildman–Crippen LogP) is 2.85. The molecule has 2 aromatic carbocycles. The molecule has 0 spiro atoms. The number of rotatable bonds is 5. The van der Waals surface area contributed by atoms with Crippen molar-refractivity contribution in [3.8, 4) is 5.75 Å². The van der Waals surface area contributed by atoms with E-state index >= 15 is 0 Å². The number of para-hydroxylation sites is 1. The van der Waals surface area contributed by atoms with E-state index in [1.54, 1.807) is 55.5 Å². The highest BCUT2D eigenvalue weighted by Crippen LogP contribution is 2.35. The Bertz CT molecular complexity index is 984. The molecule has 8 heteroatoms. The van der Waals surface area contributed by atoms with Crippen molar-refractivity contribution in [2.45, 2.75) is 25.8 Å². The lowest BCUT2D eigenvalue weighted by molar-refractivity contribution is -0.132. The lowest BCUT2D eigenvalue weighted by Gasteiger charge is -2.21. The molecule has 3 rings (SSSR count). The molecule has 0 bridgehead atoms. The van der Waals surface area contributed by atoms with E-state index in [9.17, 15) is 18.3 Å². The molecule has 0 fully saturated rings. The van der Waals surface area contributed by atoms with Crippen LogP contribution in [0.25, 0.3) is 0 Å². The van der Waals surface area contributed by atoms with Gasteiger partial charge in [0.25, 0.3) is 0 Å². The first-order valence-electron chi connectivity index (χ1n) is 8.54. The summed E-state index contributed by atoms with van der Waals surface area (Å²) < 4.78 is 25.8. The molecule has 2 aromatic rings. The minimum absolute atomic E-state index is 0.128. The fourth-order valence-corrected chi connectivity index (χ4v) is 3.62. The van der Waals surface area contributed by atoms with E-state index in [0.29, 0.717) is 29.8 Å². The molecule has 0 saturated heterocycles. The SMILES string of the molecule is CCC(=O)N1N=C(c2ccccc2NS(C)(=O)=O)CC1c1ccc(O)cc1. The van der Waals surface area contributed by atoms with Gasteiger partial charge in [0.15, 0.2) is 0 Å². The molecule has 142 valence electrons. The van der Waals surface area contributed by atoms with Crippen LogP contribution in [0.1, 0.15) is 36.9 Å². The number of aromatic hydroxyl groups is 1. The Kier molecular flexibility index (Phi) is 5.18. The Morgan fingerprint density at radius 2 is 1.89 bits per heavy atom. The monoisotopic (exact) mass is 387 g/mol. The van der Waals surface area contributed by atoms with Crippen LogP contribution < -0.4 is 4.72 Å². The average molecular weight is 387 g/mol. The molecule has 2 N–H and O–H groups in total. The van der Waals surface area contributed by atoms with Gasteiger partial charge in [-0.25, -0.2) is 13.4 Å². The Balaban J connectivity index is 2.00. The Labute approximate surface area is 158 Å². The molecular weight excluding hydrogens is 366 g/mol. The van der Waals surface area contributed by atoms with Crippen LogP contribution in [-0.2, 0) is 14.8 Å². The van der Waals surface area contributed by atoms with Crippen molar-refractivity contribution in [2.75, 3.05) is 11.0 Å². The van der Waals surface area contributed by atoms with Gasteiger partial charge in [-0.05, 0) is 23.8 Å². The van der Waals surface area contributed by atoms with Gasteiger partial charge in [-0.15, -0.1) is 0 Å². The summed E-state index contributed by atoms with van der Waals surface area (Å²) in [4.78, 5) is 12.4. The molecule has 1 aliphatic rings. The molecule has 7 nitrogen and oxygen atoms in total. The van der Waals surface area contributed by atoms with Gasteiger partial charge in [-0.2, -0.15) is 5.10 Å². The van der Waals surface area contributed by atoms with Gasteiger partial charge in [0.05, 0.1) is 23.7 Å². The van der Waals surface area contributed by atoms with E-state index in [1.165, 1.54) is 5.01 Å². The number of hydrogen-bond acceptors (Lipinski definition) is 5. The predicted molar refractivity (Wildman–Crippen MR) is 104 cm³/mol. The highest BCUT2D eigenvalue weighted by Gasteiger charge is 2.33. The largest absolute Gasteiger partial charge is 0.508 e. The first kappa shape index (κ1) is 18.9. The molecule has 0 saturated carbocycles. The number of hydrogen-bond donors (Lipinski definition) is 2. The number of hydrazone groups is 1. The summed E-state index contributed by atoms with van der Waals surface area (Å²) in [6.07, 6.45) is 1.83. The van der Waals surface area contributed by atoms with Crippen LogP contribution in [0.5, 0.6) is 5.75 Å². The molecule has 1 amide bonds. The zero-order valence-electron chi connectivity index (χ0n) is 15.1. The maximum absolute atomic E-state index is 12.4. The fraction of sp³-hybridized carbons (Fsp3) is 0.263. The summed E-state index contributed by atoms with van der Waals surface area (Å²) >= 11 is 0. The van der Waals surface area contributed by atoms with Gasteiger partial charge in [0.1, 0.15) is 5.75 Å². The summed E-state index contributed by atoms with van der Waals surface area (Å²) in [6.45, 7) is 1.77. The van der Waals surface area contributed by atoms with Gasteiger partial charge in [-0.3, -0.25) is 9.52 Å². The maximum Gasteiger partial charge on any atom is 0.242 e. The van der Waals surface area contributed by atoms with Crippen LogP contribution in [0.2, 0.25) is 0 Å². The number of nitrogens with one attached hydrogen (secondary N) is 1. The molecule has 1 atom stereocenters. The average Bonchev–Trinajstić information content (AvgIpc) is 3.06. The summed E-state index contributed by atoms with van der Waals surface area (Å²) in [5.74, 6) is 0.0191. The molecule has 1 aliphatic heterocycles. The van der Waals surface area contributed by atoms with Crippen LogP contribution in [0.4, 0.5) is 5.69 Å². The lowest BCUT2D eigenvalue weighted by Crippen LogP contribution is -2.26. The first-order valence-corrected chi connectivity index (χ1v) is 10.4. The second kappa shape index (κ2) is 7.40. The van der Waals surface area contributed by atoms with Gasteiger partial charge in [0, 0.05) is 18.4 Å². The number of nitrogens with zero attached hydrogens (tertiary/aromatic N) is 2. The van der Waals surface area contributed by atoms with E-state index < -0.39 is 10.0 Å². The third kappa shape index (κ3) is 4.28. The first-order chi connectivity index (χ1) is 12.8. The third-order valence-electron chi connectivity index (χ3n) is 4.28. The van der Waals surface area contributed by atoms with Crippen LogP contribution in [-0.4, -0.2) is 36.4 Å². The van der Waals surface area contributed by atoms with Crippen LogP contribution in [0.3, 0.4) is 0 Å². The van der Waals surface area contributed by atoms with Gasteiger partial charge < -0.3 is 5.11 Å². The number of sulfonamides is 1. The number of benzene rings is 2. The highest BCUT2D eigenvalue weighted by molar-refractivity contribution is 7.92. The van der Waals surface area contributed by atoms with Crippen molar-refractivity contribution in [1.82, 2.24) is 5.01 Å². The normalized spacial score (nSPS) is 16.9. The molecule has 0 aliphatic carbocycles. The van der Waals surface area contributed by atoms with Crippen LogP contribution in [0.15, 0.2) is 53.6 Å². The smallest absolute Gasteiger partial charge is 0.242 e. The van der Waals surface area contributed by atoms with E-state index in [4.69, 9.17) is 0 Å². The number of phenols is 1. The van der Waals surface area contributed by atoms with Gasteiger partial charge >= 0.3 is 0 Å². The summed E-state index contributed by atoms with van der Waals surface area (Å²) in [7, 11) is -3.45. The fourth-order valence-electron chi connectivity index (χ4n) is 3.04. The number of amides is 1. The zero-order chi connectivity index (χ0) is 19.6. The van der Waals surface area contributed by atoms with Gasteiger partial charge in [-0.1, -0.05) is 37.3 Å². The van der Waals surface area contributed by atoms with Crippen molar-refractivity contribution in [2.24, 2.45) is 5.10 Å². The molecule has 1 unspecified atom stereocenters. The Morgan fingerprint density at radius 1 is 1.22 bits per heavy atom. The highest BCUT2D eigenvalue weighted by atomic mass is 32.2. The van der Waals surface area contributed by atoms with E-state index in [-0.39, 0.29) is 17.7 Å². The Hall–Kier alpha value is -2.87. The summed E-state index contributed by atoms with van der Waals surface area (Å²) in [5, 5.41) is 15.5. The minimum atomic E-state index is -3.45. The van der Waals surface area contributed by atoms with E-state index in [0.717, 1.165) is 11.8 Å². The lowest BCUT2D eigenvalue weighted by atomic mass is 9.97. The van der Waals surface area contributed by atoms with Crippen molar-refractivity contribution < 1.29 is 18.3 Å². The molecule has 27 heavy (non-hydrogen) atoms. The minimum Gasteiger partial charge on any atom is -0.508 e. The second-order valence-electron chi connectivity index (χ2n) is 6.37. The van der Waals surface area contributed by atoms with Gasteiger partial charge in [0.2, 0.25) is 15.9 Å². The van der Waals surface area contributed by atoms with Crippen LogP contribution >= 0.6 is 0 Å². The van der Waals surface area contributed by atoms with Crippen molar-refractivity contribution in [1.29, 1.82) is 0 Å². The van der Waals surface area contributed by atoms with Crippen molar-refractivity contribution in [3.05, 3.63) is 59.7 Å². The summed E-state index contributed by atoms with van der Waals surface area (Å²) in [5.41, 5.74) is 2.54. The van der Waals surface area contributed by atoms with E-state index in [2.05, 4.69) is 9.82 Å². The van der Waals surface area contributed by atoms with Crippen LogP contribution in [0, 0.1) is 0 Å². The third-order valence-corrected chi connectivity index (χ3v) is 4.87. The quantitative estimate of drug-likeness (QED) is 0.824. The number of carbonyl (C=O) groups excluding carboxylic acids is 1. The molecule has 0 radical (unpaired) electrons. The molecule has 0 aromatic heterocycles. The van der Waals surface area contributed by atoms with E-state index in [1.807, 2.05) is 0 Å². The number of anilines is 1. The molecule has 1 heterocycles. The van der Waals surface area contributed by atoms with Crippen molar-refractivity contribution >= 4 is 27.3 Å². The van der Waals surface area contributed by atoms with Crippen molar-refractivity contribution in [3.63, 3.8) is 0 Å². The second-order valence-corrected chi connectivity index (χ2v) is 8.12. The maximum atomic E-state index is 12.4. The summed E-state index contributed by atoms with van der Waals surface area (Å²) in [6, 6.07) is 13.3.